The molecule has 0 aliphatic carbocycles. The Balaban J connectivity index is 1.63. The van der Waals surface area contributed by atoms with Gasteiger partial charge in [-0.05, 0) is 55.4 Å². The Kier molecular flexibility index (Phi) is 7.78. The van der Waals surface area contributed by atoms with Crippen molar-refractivity contribution >= 4 is 29.2 Å². The Morgan fingerprint density at radius 1 is 1.21 bits per heavy atom. The number of nitrogens with zero attached hydrogens (tertiary/aromatic N) is 5. The number of halogens is 2. The second-order valence-electron chi connectivity index (χ2n) is 10.2. The van der Waals surface area contributed by atoms with Gasteiger partial charge in [0.25, 0.3) is 6.43 Å². The number of allylic oxidation sites excluding steroid dienone is 1. The SMILES string of the molecule is CN=CC(=CN)c1cc2c(cc1C(F)F)N(c1nn([C@H]3CCCOCC3)c3c1CN(C(C)=O)CC3)CCC2. The standard InChI is InChI=1S/C28H36F2N6O2/c1-18(37)34-10-7-25-24(17-34)28(33-36(25)21-6-4-11-38-12-8-21)35-9-3-5-19-13-22(20(15-31)16-32-2)23(27(29)30)14-26(19)35/h13-16,21,27H,3-12,17,31H2,1-2H3/t21-/m0/s1. The fourth-order valence-corrected chi connectivity index (χ4v) is 5.99. The van der Waals surface area contributed by atoms with Crippen molar-refractivity contribution in [3.8, 4) is 0 Å². The maximum Gasteiger partial charge on any atom is 0.264 e. The van der Waals surface area contributed by atoms with Crippen molar-refractivity contribution in [2.75, 3.05) is 38.3 Å². The van der Waals surface area contributed by atoms with Gasteiger partial charge in [0, 0.05) is 87.2 Å². The van der Waals surface area contributed by atoms with E-state index in [9.17, 15) is 13.6 Å². The number of aryl methyl sites for hydroxylation is 1. The van der Waals surface area contributed by atoms with Gasteiger partial charge in [0.1, 0.15) is 0 Å². The number of rotatable bonds is 5. The molecule has 0 radical (unpaired) electrons. The van der Waals surface area contributed by atoms with E-state index in [1.165, 1.54) is 12.4 Å². The number of hydrogen-bond donors (Lipinski definition) is 1. The van der Waals surface area contributed by atoms with E-state index in [2.05, 4.69) is 14.6 Å². The summed E-state index contributed by atoms with van der Waals surface area (Å²) < 4.78 is 36.6. The first-order valence-corrected chi connectivity index (χ1v) is 13.4. The molecule has 1 fully saturated rings. The summed E-state index contributed by atoms with van der Waals surface area (Å²) in [7, 11) is 1.59. The van der Waals surface area contributed by atoms with Crippen LogP contribution in [0.4, 0.5) is 20.3 Å². The third kappa shape index (κ3) is 4.93. The van der Waals surface area contributed by atoms with Crippen LogP contribution in [-0.2, 0) is 28.9 Å². The first-order chi connectivity index (χ1) is 18.4. The molecular weight excluding hydrogens is 490 g/mol. The molecule has 5 rings (SSSR count). The lowest BCUT2D eigenvalue weighted by Crippen LogP contribution is -2.35. The van der Waals surface area contributed by atoms with Crippen LogP contribution in [0.2, 0.25) is 0 Å². The third-order valence-electron chi connectivity index (χ3n) is 7.90. The van der Waals surface area contributed by atoms with Gasteiger partial charge in [0.15, 0.2) is 5.82 Å². The zero-order valence-electron chi connectivity index (χ0n) is 22.1. The molecule has 4 heterocycles. The second-order valence-corrected chi connectivity index (χ2v) is 10.2. The van der Waals surface area contributed by atoms with E-state index in [0.29, 0.717) is 37.4 Å². The molecule has 1 aromatic heterocycles. The molecular formula is C28H36F2N6O2. The van der Waals surface area contributed by atoms with Crippen molar-refractivity contribution in [1.82, 2.24) is 14.7 Å². The van der Waals surface area contributed by atoms with Crippen LogP contribution >= 0.6 is 0 Å². The molecule has 3 aliphatic heterocycles. The molecule has 0 bridgehead atoms. The van der Waals surface area contributed by atoms with Crippen LogP contribution in [0.5, 0.6) is 0 Å². The molecule has 38 heavy (non-hydrogen) atoms. The molecule has 1 aromatic carbocycles. The maximum atomic E-state index is 14.4. The van der Waals surface area contributed by atoms with Gasteiger partial charge in [-0.1, -0.05) is 0 Å². The molecule has 1 saturated heterocycles. The first kappa shape index (κ1) is 26.3. The Hall–Kier alpha value is -3.27. The number of ether oxygens (including phenoxy) is 1. The van der Waals surface area contributed by atoms with Crippen LogP contribution in [0.3, 0.4) is 0 Å². The lowest BCUT2D eigenvalue weighted by molar-refractivity contribution is -0.129. The number of fused-ring (bicyclic) bond motifs is 2. The van der Waals surface area contributed by atoms with Gasteiger partial charge in [0.05, 0.1) is 12.6 Å². The highest BCUT2D eigenvalue weighted by atomic mass is 19.3. The van der Waals surface area contributed by atoms with E-state index >= 15 is 0 Å². The predicted molar refractivity (Wildman–Crippen MR) is 144 cm³/mol. The summed E-state index contributed by atoms with van der Waals surface area (Å²) in [5, 5.41) is 5.16. The first-order valence-electron chi connectivity index (χ1n) is 13.4. The minimum atomic E-state index is -2.68. The predicted octanol–water partition coefficient (Wildman–Crippen LogP) is 4.55. The fourth-order valence-electron chi connectivity index (χ4n) is 5.99. The Morgan fingerprint density at radius 3 is 2.79 bits per heavy atom. The van der Waals surface area contributed by atoms with Gasteiger partial charge in [-0.15, -0.1) is 0 Å². The monoisotopic (exact) mass is 526 g/mol. The summed E-state index contributed by atoms with van der Waals surface area (Å²) in [5.74, 6) is 0.800. The molecule has 3 aliphatic rings. The van der Waals surface area contributed by atoms with Crippen molar-refractivity contribution < 1.29 is 18.3 Å². The van der Waals surface area contributed by atoms with E-state index < -0.39 is 6.43 Å². The Labute approximate surface area is 222 Å². The topological polar surface area (TPSA) is 89.0 Å². The average Bonchev–Trinajstić information content (AvgIpc) is 3.08. The zero-order chi connectivity index (χ0) is 26.8. The highest BCUT2D eigenvalue weighted by Crippen LogP contribution is 2.42. The molecule has 10 heteroatoms. The van der Waals surface area contributed by atoms with Crippen LogP contribution in [0.15, 0.2) is 23.3 Å². The molecule has 2 aromatic rings. The number of hydrogen-bond acceptors (Lipinski definition) is 6. The summed E-state index contributed by atoms with van der Waals surface area (Å²) in [6, 6.07) is 3.65. The molecule has 204 valence electrons. The Bertz CT molecular complexity index is 1250. The van der Waals surface area contributed by atoms with Crippen molar-refractivity contribution in [3.63, 3.8) is 0 Å². The molecule has 8 nitrogen and oxygen atoms in total. The number of carbonyl (C=O) groups excluding carboxylic acids is 1. The van der Waals surface area contributed by atoms with Gasteiger partial charge >= 0.3 is 0 Å². The van der Waals surface area contributed by atoms with E-state index in [0.717, 1.165) is 73.5 Å². The third-order valence-corrected chi connectivity index (χ3v) is 7.90. The largest absolute Gasteiger partial charge is 0.404 e. The average molecular weight is 527 g/mol. The van der Waals surface area contributed by atoms with Crippen molar-refractivity contribution in [2.24, 2.45) is 10.7 Å². The quantitative estimate of drug-likeness (QED) is 0.578. The van der Waals surface area contributed by atoms with Gasteiger partial charge in [0.2, 0.25) is 5.91 Å². The second kappa shape index (κ2) is 11.2. The van der Waals surface area contributed by atoms with Gasteiger partial charge in [-0.25, -0.2) is 8.78 Å². The summed E-state index contributed by atoms with van der Waals surface area (Å²) in [6.45, 7) is 4.83. The van der Waals surface area contributed by atoms with Crippen LogP contribution in [0, 0.1) is 0 Å². The number of anilines is 2. The lowest BCUT2D eigenvalue weighted by atomic mass is 9.92. The van der Waals surface area contributed by atoms with Crippen LogP contribution in [0.1, 0.15) is 73.0 Å². The number of carbonyl (C=O) groups is 1. The molecule has 2 N–H and O–H groups in total. The van der Waals surface area contributed by atoms with E-state index in [1.807, 2.05) is 11.0 Å². The summed E-state index contributed by atoms with van der Waals surface area (Å²) in [4.78, 5) is 20.2. The number of benzene rings is 1. The fraction of sp³-hybridized carbons (Fsp3) is 0.536. The van der Waals surface area contributed by atoms with E-state index in [4.69, 9.17) is 15.6 Å². The summed E-state index contributed by atoms with van der Waals surface area (Å²) in [6.07, 6.45) is 5.35. The van der Waals surface area contributed by atoms with Crippen molar-refractivity contribution in [3.05, 3.63) is 46.3 Å². The van der Waals surface area contributed by atoms with Crippen LogP contribution in [0.25, 0.3) is 5.57 Å². The van der Waals surface area contributed by atoms with E-state index in [-0.39, 0.29) is 17.5 Å². The molecule has 1 amide bonds. The van der Waals surface area contributed by atoms with Gasteiger partial charge in [-0.2, -0.15) is 5.10 Å². The minimum absolute atomic E-state index is 0.0274. The highest BCUT2D eigenvalue weighted by Gasteiger charge is 2.34. The highest BCUT2D eigenvalue weighted by molar-refractivity contribution is 6.10. The summed E-state index contributed by atoms with van der Waals surface area (Å²) in [5.41, 5.74) is 10.5. The minimum Gasteiger partial charge on any atom is -0.404 e. The normalized spacial score (nSPS) is 20.6. The van der Waals surface area contributed by atoms with E-state index in [1.54, 1.807) is 20.0 Å². The maximum absolute atomic E-state index is 14.4. The van der Waals surface area contributed by atoms with Gasteiger partial charge < -0.3 is 20.3 Å². The molecule has 1 atom stereocenters. The van der Waals surface area contributed by atoms with Crippen LogP contribution < -0.4 is 10.6 Å². The number of alkyl halides is 2. The summed E-state index contributed by atoms with van der Waals surface area (Å²) >= 11 is 0. The van der Waals surface area contributed by atoms with Crippen molar-refractivity contribution in [1.29, 1.82) is 0 Å². The Morgan fingerprint density at radius 2 is 2.05 bits per heavy atom. The molecule has 0 spiro atoms. The van der Waals surface area contributed by atoms with Crippen LogP contribution in [-0.4, -0.2) is 60.2 Å². The smallest absolute Gasteiger partial charge is 0.264 e. The number of aliphatic imine (C=N–C) groups is 1. The molecule has 0 saturated carbocycles. The number of aromatic nitrogens is 2. The van der Waals surface area contributed by atoms with Crippen molar-refractivity contribution in [2.45, 2.75) is 64.5 Å². The number of nitrogens with two attached hydrogens (primary N) is 1. The van der Waals surface area contributed by atoms with Gasteiger partial charge in [-0.3, -0.25) is 14.5 Å². The zero-order valence-corrected chi connectivity index (χ0v) is 22.1. The molecule has 0 unspecified atom stereocenters. The lowest BCUT2D eigenvalue weighted by Gasteiger charge is -2.33. The number of amides is 1.